The summed E-state index contributed by atoms with van der Waals surface area (Å²) in [6.07, 6.45) is 3.98. The molecule has 2 aromatic rings. The van der Waals surface area contributed by atoms with Gasteiger partial charge in [0, 0.05) is 5.56 Å². The highest BCUT2D eigenvalue weighted by atomic mass is 16.5. The topological polar surface area (TPSA) is 87.7 Å². The molecule has 1 aliphatic heterocycles. The van der Waals surface area contributed by atoms with E-state index in [0.717, 1.165) is 10.8 Å². The minimum absolute atomic E-state index is 0.160. The van der Waals surface area contributed by atoms with Crippen molar-refractivity contribution in [3.63, 3.8) is 0 Å². The van der Waals surface area contributed by atoms with Gasteiger partial charge >= 0.3 is 0 Å². The van der Waals surface area contributed by atoms with Crippen LogP contribution in [0.3, 0.4) is 0 Å². The number of aliphatic hydroxyl groups excluding tert-OH is 1. The van der Waals surface area contributed by atoms with Crippen LogP contribution in [-0.2, 0) is 9.53 Å². The number of carbonyl (C=O) groups is 2. The summed E-state index contributed by atoms with van der Waals surface area (Å²) in [4.78, 5) is 25.8. The summed E-state index contributed by atoms with van der Waals surface area (Å²) in [5.74, 6) is -0.373. The summed E-state index contributed by atoms with van der Waals surface area (Å²) in [7, 11) is 0. The fourth-order valence-electron chi connectivity index (χ4n) is 3.55. The molecule has 30 heavy (non-hydrogen) atoms. The molecule has 2 aromatic carbocycles. The number of hydrogen-bond acceptors (Lipinski definition) is 4. The van der Waals surface area contributed by atoms with Crippen LogP contribution >= 0.6 is 0 Å². The monoisotopic (exact) mass is 410 g/mol. The predicted molar refractivity (Wildman–Crippen MR) is 117 cm³/mol. The number of ether oxygens (including phenoxy) is 1. The lowest BCUT2D eigenvalue weighted by molar-refractivity contribution is -0.125. The van der Waals surface area contributed by atoms with E-state index in [1.165, 1.54) is 0 Å². The number of nitrogens with one attached hydrogen (secondary N) is 2. The van der Waals surface area contributed by atoms with E-state index in [2.05, 4.69) is 10.6 Å². The van der Waals surface area contributed by atoms with E-state index < -0.39 is 18.2 Å². The van der Waals surface area contributed by atoms with E-state index in [1.54, 1.807) is 6.07 Å². The highest BCUT2D eigenvalue weighted by molar-refractivity contribution is 6.00. The second-order valence-electron chi connectivity index (χ2n) is 8.14. The Labute approximate surface area is 177 Å². The summed E-state index contributed by atoms with van der Waals surface area (Å²) in [6, 6.07) is 12.2. The number of amides is 2. The average molecular weight is 411 g/mol. The third-order valence-corrected chi connectivity index (χ3v) is 5.19. The fraction of sp³-hybridized carbons (Fsp3) is 0.417. The molecule has 0 aromatic heterocycles. The lowest BCUT2D eigenvalue weighted by Gasteiger charge is -2.27. The van der Waals surface area contributed by atoms with Gasteiger partial charge in [-0.15, -0.1) is 0 Å². The predicted octanol–water partition coefficient (Wildman–Crippen LogP) is 2.81. The average Bonchev–Trinajstić information content (AvgIpc) is 2.72. The molecule has 0 radical (unpaired) electrons. The van der Waals surface area contributed by atoms with Gasteiger partial charge in [0.2, 0.25) is 5.91 Å². The van der Waals surface area contributed by atoms with Crippen LogP contribution in [0.2, 0.25) is 0 Å². The molecule has 2 amide bonds. The van der Waals surface area contributed by atoms with E-state index in [-0.39, 0.29) is 24.3 Å². The van der Waals surface area contributed by atoms with Crippen molar-refractivity contribution in [2.75, 3.05) is 13.2 Å². The highest BCUT2D eigenvalue weighted by Gasteiger charge is 2.27. The maximum atomic E-state index is 13.0. The van der Waals surface area contributed by atoms with Crippen LogP contribution in [0.15, 0.2) is 54.6 Å². The number of rotatable bonds is 6. The summed E-state index contributed by atoms with van der Waals surface area (Å²) in [6.45, 7) is 4.62. The van der Waals surface area contributed by atoms with Gasteiger partial charge in [0.25, 0.3) is 5.91 Å². The summed E-state index contributed by atoms with van der Waals surface area (Å²) in [5, 5.41) is 18.1. The number of benzene rings is 2. The molecule has 0 saturated carbocycles. The normalized spacial score (nSPS) is 20.4. The van der Waals surface area contributed by atoms with Gasteiger partial charge in [0.15, 0.2) is 0 Å². The Hall–Kier alpha value is -2.70. The van der Waals surface area contributed by atoms with Crippen LogP contribution in [0.1, 0.15) is 37.0 Å². The van der Waals surface area contributed by atoms with Crippen LogP contribution in [0, 0.1) is 5.92 Å². The maximum absolute atomic E-state index is 13.0. The second-order valence-corrected chi connectivity index (χ2v) is 8.14. The molecule has 1 aliphatic rings. The largest absolute Gasteiger partial charge is 0.389 e. The zero-order chi connectivity index (χ0) is 21.5. The second kappa shape index (κ2) is 10.4. The van der Waals surface area contributed by atoms with E-state index in [4.69, 9.17) is 4.74 Å². The van der Waals surface area contributed by atoms with Gasteiger partial charge in [-0.2, -0.15) is 0 Å². The van der Waals surface area contributed by atoms with Gasteiger partial charge in [-0.25, -0.2) is 0 Å². The Morgan fingerprint density at radius 3 is 2.67 bits per heavy atom. The van der Waals surface area contributed by atoms with Gasteiger partial charge in [0.1, 0.15) is 6.04 Å². The quantitative estimate of drug-likeness (QED) is 0.639. The molecule has 0 saturated heterocycles. The summed E-state index contributed by atoms with van der Waals surface area (Å²) < 4.78 is 5.32. The lowest BCUT2D eigenvalue weighted by atomic mass is 10.0. The number of aliphatic hydroxyl groups is 1. The van der Waals surface area contributed by atoms with Crippen molar-refractivity contribution in [2.45, 2.75) is 44.9 Å². The van der Waals surface area contributed by atoms with Crippen molar-refractivity contribution in [3.05, 3.63) is 60.2 Å². The Morgan fingerprint density at radius 2 is 1.90 bits per heavy atom. The molecule has 1 heterocycles. The van der Waals surface area contributed by atoms with Crippen LogP contribution in [0.5, 0.6) is 0 Å². The Kier molecular flexibility index (Phi) is 7.60. The van der Waals surface area contributed by atoms with Crippen molar-refractivity contribution < 1.29 is 19.4 Å². The van der Waals surface area contributed by atoms with Crippen molar-refractivity contribution >= 4 is 22.6 Å². The standard InChI is InChI=1S/C24H30N2O4/c1-16(2)13-21(24(29)25-20-9-5-6-12-30-15-22(20)27)26-23(28)19-11-10-17-7-3-4-8-18(17)14-19/h3-8,10-11,14,16,20-22,27H,9,12-13,15H2,1-2H3,(H,25,29)(H,26,28)/t20?,21?,22-/m1/s1. The van der Waals surface area contributed by atoms with Crippen LogP contribution < -0.4 is 10.6 Å². The Morgan fingerprint density at radius 1 is 1.13 bits per heavy atom. The first-order valence-corrected chi connectivity index (χ1v) is 10.4. The molecule has 160 valence electrons. The van der Waals surface area contributed by atoms with E-state index >= 15 is 0 Å². The molecular weight excluding hydrogens is 380 g/mol. The number of hydrogen-bond donors (Lipinski definition) is 3. The molecule has 6 nitrogen and oxygen atoms in total. The molecule has 0 aliphatic carbocycles. The summed E-state index contributed by atoms with van der Waals surface area (Å²) >= 11 is 0. The Balaban J connectivity index is 1.72. The minimum atomic E-state index is -0.796. The first kappa shape index (κ1) is 22.0. The van der Waals surface area contributed by atoms with E-state index in [9.17, 15) is 14.7 Å². The molecule has 3 N–H and O–H groups in total. The SMILES string of the molecule is CC(C)CC(NC(=O)c1ccc2ccccc2c1)C(=O)NC1CC=CCOC[C@H]1O. The van der Waals surface area contributed by atoms with Gasteiger partial charge in [-0.1, -0.05) is 56.3 Å². The first-order chi connectivity index (χ1) is 14.4. The van der Waals surface area contributed by atoms with Gasteiger partial charge in [-0.05, 0) is 41.7 Å². The molecule has 0 fully saturated rings. The zero-order valence-corrected chi connectivity index (χ0v) is 17.5. The first-order valence-electron chi connectivity index (χ1n) is 10.4. The molecule has 3 atom stereocenters. The Bertz CT molecular complexity index is 909. The van der Waals surface area contributed by atoms with Crippen LogP contribution in [-0.4, -0.2) is 48.3 Å². The molecule has 0 spiro atoms. The van der Waals surface area contributed by atoms with Gasteiger partial charge < -0.3 is 20.5 Å². The number of fused-ring (bicyclic) bond motifs is 1. The van der Waals surface area contributed by atoms with Crippen molar-refractivity contribution in [1.82, 2.24) is 10.6 Å². The van der Waals surface area contributed by atoms with Gasteiger partial charge in [0.05, 0.1) is 25.4 Å². The fourth-order valence-corrected chi connectivity index (χ4v) is 3.55. The summed E-state index contributed by atoms with van der Waals surface area (Å²) in [5.41, 5.74) is 0.512. The van der Waals surface area contributed by atoms with E-state index in [1.807, 2.05) is 62.4 Å². The minimum Gasteiger partial charge on any atom is -0.389 e. The highest BCUT2D eigenvalue weighted by Crippen LogP contribution is 2.16. The van der Waals surface area contributed by atoms with E-state index in [0.29, 0.717) is 25.0 Å². The molecular formula is C24H30N2O4. The maximum Gasteiger partial charge on any atom is 0.251 e. The smallest absolute Gasteiger partial charge is 0.251 e. The molecule has 6 heteroatoms. The lowest BCUT2D eigenvalue weighted by Crippen LogP contribution is -2.53. The third-order valence-electron chi connectivity index (χ3n) is 5.19. The molecule has 2 unspecified atom stereocenters. The van der Waals surface area contributed by atoms with Crippen LogP contribution in [0.25, 0.3) is 10.8 Å². The van der Waals surface area contributed by atoms with Crippen LogP contribution in [0.4, 0.5) is 0 Å². The molecule has 0 bridgehead atoms. The van der Waals surface area contributed by atoms with Gasteiger partial charge in [-0.3, -0.25) is 9.59 Å². The van der Waals surface area contributed by atoms with Crippen molar-refractivity contribution in [3.8, 4) is 0 Å². The van der Waals surface area contributed by atoms with Crippen molar-refractivity contribution in [1.29, 1.82) is 0 Å². The molecule has 3 rings (SSSR count). The van der Waals surface area contributed by atoms with Crippen molar-refractivity contribution in [2.24, 2.45) is 5.92 Å². The number of carbonyl (C=O) groups excluding carboxylic acids is 2. The third kappa shape index (κ3) is 5.90. The zero-order valence-electron chi connectivity index (χ0n) is 17.5.